The van der Waals surface area contributed by atoms with Crippen molar-refractivity contribution in [2.24, 2.45) is 5.92 Å². The highest BCUT2D eigenvalue weighted by Gasteiger charge is 2.30. The maximum Gasteiger partial charge on any atom is 0.225 e. The molecule has 6 rings (SSSR count). The van der Waals surface area contributed by atoms with Gasteiger partial charge < -0.3 is 9.30 Å². The summed E-state index contributed by atoms with van der Waals surface area (Å²) in [4.78, 5) is 22.6. The summed E-state index contributed by atoms with van der Waals surface area (Å²) in [5.74, 6) is 0.623. The van der Waals surface area contributed by atoms with Crippen LogP contribution in [-0.4, -0.2) is 51.3 Å². The van der Waals surface area contributed by atoms with Gasteiger partial charge in [-0.3, -0.25) is 9.69 Å². The van der Waals surface area contributed by atoms with Gasteiger partial charge in [0.25, 0.3) is 0 Å². The number of piperazine rings is 1. The molecule has 37 heavy (non-hydrogen) atoms. The summed E-state index contributed by atoms with van der Waals surface area (Å²) in [5, 5.41) is 0.741. The number of fused-ring (bicyclic) bond motifs is 1. The van der Waals surface area contributed by atoms with E-state index in [1.807, 2.05) is 18.2 Å². The van der Waals surface area contributed by atoms with Crippen molar-refractivity contribution in [1.29, 1.82) is 0 Å². The van der Waals surface area contributed by atoms with E-state index in [0.29, 0.717) is 5.91 Å². The van der Waals surface area contributed by atoms with E-state index < -0.39 is 0 Å². The van der Waals surface area contributed by atoms with Crippen molar-refractivity contribution in [1.82, 2.24) is 19.2 Å². The van der Waals surface area contributed by atoms with E-state index in [4.69, 9.17) is 16.6 Å². The van der Waals surface area contributed by atoms with Crippen LogP contribution in [0.1, 0.15) is 36.9 Å². The number of carbonyl (C=O) groups excluding carboxylic acids is 1. The predicted octanol–water partition coefficient (Wildman–Crippen LogP) is 6.46. The highest BCUT2D eigenvalue weighted by Crippen LogP contribution is 2.32. The molecule has 2 aromatic carbocycles. The molecule has 1 saturated carbocycles. The molecule has 1 aliphatic heterocycles. The van der Waals surface area contributed by atoms with Gasteiger partial charge in [0.05, 0.1) is 11.4 Å². The molecule has 1 saturated heterocycles. The standard InChI is InChI=1S/C31H33ClN4O/c1-22-10-12-23(13-11-22)30-28(21-34-16-18-35(19-17-34)31(37)24-6-2-3-7-24)36-20-25(14-15-29(36)33-30)26-8-4-5-9-27(26)32/h4-5,8-15,20,24H,2-3,6-7,16-19,21H2,1H3. The van der Waals surface area contributed by atoms with Crippen molar-refractivity contribution in [3.8, 4) is 22.4 Å². The maximum absolute atomic E-state index is 12.9. The third kappa shape index (κ3) is 4.90. The molecular weight excluding hydrogens is 480 g/mol. The van der Waals surface area contributed by atoms with E-state index in [9.17, 15) is 4.79 Å². The number of hydrogen-bond donors (Lipinski definition) is 0. The van der Waals surface area contributed by atoms with Crippen molar-refractivity contribution < 1.29 is 4.79 Å². The summed E-state index contributed by atoms with van der Waals surface area (Å²) in [6, 6.07) is 20.8. The summed E-state index contributed by atoms with van der Waals surface area (Å²) in [5.41, 5.74) is 7.55. The lowest BCUT2D eigenvalue weighted by Gasteiger charge is -2.36. The zero-order valence-electron chi connectivity index (χ0n) is 21.4. The van der Waals surface area contributed by atoms with Crippen LogP contribution in [0.4, 0.5) is 0 Å². The summed E-state index contributed by atoms with van der Waals surface area (Å²) >= 11 is 6.54. The molecule has 2 aromatic heterocycles. The molecule has 0 unspecified atom stereocenters. The fourth-order valence-corrected chi connectivity index (χ4v) is 6.06. The van der Waals surface area contributed by atoms with Gasteiger partial charge in [0, 0.05) is 61.0 Å². The molecule has 1 amide bonds. The molecule has 0 bridgehead atoms. The maximum atomic E-state index is 12.9. The zero-order chi connectivity index (χ0) is 25.4. The van der Waals surface area contributed by atoms with Crippen LogP contribution in [0.15, 0.2) is 66.9 Å². The van der Waals surface area contributed by atoms with Crippen LogP contribution in [0.5, 0.6) is 0 Å². The minimum atomic E-state index is 0.252. The van der Waals surface area contributed by atoms with E-state index in [1.165, 1.54) is 24.1 Å². The summed E-state index contributed by atoms with van der Waals surface area (Å²) in [6.45, 7) is 6.25. The van der Waals surface area contributed by atoms with E-state index >= 15 is 0 Å². The molecule has 0 N–H and O–H groups in total. The molecule has 1 aliphatic carbocycles. The Labute approximate surface area is 223 Å². The van der Waals surface area contributed by atoms with E-state index in [0.717, 1.165) is 78.6 Å². The highest BCUT2D eigenvalue weighted by atomic mass is 35.5. The Morgan fingerprint density at radius 1 is 0.919 bits per heavy atom. The van der Waals surface area contributed by atoms with Crippen molar-refractivity contribution >= 4 is 23.2 Å². The van der Waals surface area contributed by atoms with Gasteiger partial charge in [-0.25, -0.2) is 4.98 Å². The fraction of sp³-hybridized carbons (Fsp3) is 0.355. The molecule has 190 valence electrons. The van der Waals surface area contributed by atoms with E-state index in [1.54, 1.807) is 0 Å². The lowest BCUT2D eigenvalue weighted by atomic mass is 10.1. The number of amides is 1. The van der Waals surface area contributed by atoms with Crippen molar-refractivity contribution in [2.75, 3.05) is 26.2 Å². The van der Waals surface area contributed by atoms with Gasteiger partial charge in [0.2, 0.25) is 5.91 Å². The summed E-state index contributed by atoms with van der Waals surface area (Å²) in [7, 11) is 0. The number of halogens is 1. The number of pyridine rings is 1. The molecule has 0 radical (unpaired) electrons. The third-order valence-electron chi connectivity index (χ3n) is 7.99. The minimum absolute atomic E-state index is 0.252. The summed E-state index contributed by atoms with van der Waals surface area (Å²) < 4.78 is 2.23. The average Bonchev–Trinajstić information content (AvgIpc) is 3.58. The second kappa shape index (κ2) is 10.3. The van der Waals surface area contributed by atoms with Crippen molar-refractivity contribution in [3.63, 3.8) is 0 Å². The molecule has 3 heterocycles. The second-order valence-electron chi connectivity index (χ2n) is 10.5. The molecule has 4 aromatic rings. The Bertz CT molecular complexity index is 1410. The largest absolute Gasteiger partial charge is 0.340 e. The Morgan fingerprint density at radius 2 is 1.62 bits per heavy atom. The lowest BCUT2D eigenvalue weighted by molar-refractivity contribution is -0.137. The summed E-state index contributed by atoms with van der Waals surface area (Å²) in [6.07, 6.45) is 6.69. The first kappa shape index (κ1) is 24.2. The molecular formula is C31H33ClN4O. The Morgan fingerprint density at radius 3 is 2.35 bits per heavy atom. The molecule has 2 aliphatic rings. The number of aryl methyl sites for hydroxylation is 1. The second-order valence-corrected chi connectivity index (χ2v) is 10.9. The first-order valence-electron chi connectivity index (χ1n) is 13.4. The minimum Gasteiger partial charge on any atom is -0.340 e. The van der Waals surface area contributed by atoms with Crippen LogP contribution < -0.4 is 0 Å². The monoisotopic (exact) mass is 512 g/mol. The SMILES string of the molecule is Cc1ccc(-c2nc3ccc(-c4ccccc4Cl)cn3c2CN2CCN(C(=O)C3CCCC3)CC2)cc1. The first-order chi connectivity index (χ1) is 18.1. The van der Waals surface area contributed by atoms with Gasteiger partial charge in [-0.05, 0) is 43.5 Å². The number of hydrogen-bond acceptors (Lipinski definition) is 3. The van der Waals surface area contributed by atoms with Crippen LogP contribution >= 0.6 is 11.6 Å². The van der Waals surface area contributed by atoms with Gasteiger partial charge in [0.1, 0.15) is 5.65 Å². The van der Waals surface area contributed by atoms with Crippen molar-refractivity contribution in [2.45, 2.75) is 39.2 Å². The smallest absolute Gasteiger partial charge is 0.225 e. The van der Waals surface area contributed by atoms with Gasteiger partial charge in [-0.15, -0.1) is 0 Å². The number of nitrogens with zero attached hydrogens (tertiary/aromatic N) is 4. The number of aromatic nitrogens is 2. The normalized spacial score (nSPS) is 17.1. The van der Waals surface area contributed by atoms with Crippen LogP contribution in [-0.2, 0) is 11.3 Å². The van der Waals surface area contributed by atoms with Crippen LogP contribution in [0, 0.1) is 12.8 Å². The Hall–Kier alpha value is -3.15. The Balaban J connectivity index is 1.31. The number of benzene rings is 2. The molecule has 5 nitrogen and oxygen atoms in total. The van der Waals surface area contributed by atoms with Gasteiger partial charge in [0.15, 0.2) is 0 Å². The van der Waals surface area contributed by atoms with Crippen LogP contribution in [0.25, 0.3) is 28.0 Å². The number of rotatable bonds is 5. The molecule has 2 fully saturated rings. The average molecular weight is 513 g/mol. The molecule has 6 heteroatoms. The number of imidazole rings is 1. The van der Waals surface area contributed by atoms with Gasteiger partial charge in [-0.2, -0.15) is 0 Å². The Kier molecular flexibility index (Phi) is 6.74. The first-order valence-corrected chi connectivity index (χ1v) is 13.8. The lowest BCUT2D eigenvalue weighted by Crippen LogP contribution is -2.49. The van der Waals surface area contributed by atoms with Gasteiger partial charge in [-0.1, -0.05) is 72.5 Å². The van der Waals surface area contributed by atoms with E-state index in [-0.39, 0.29) is 5.92 Å². The topological polar surface area (TPSA) is 40.9 Å². The van der Waals surface area contributed by atoms with Gasteiger partial charge >= 0.3 is 0 Å². The predicted molar refractivity (Wildman–Crippen MR) is 150 cm³/mol. The molecule has 0 spiro atoms. The van der Waals surface area contributed by atoms with Crippen LogP contribution in [0.3, 0.4) is 0 Å². The quantitative estimate of drug-likeness (QED) is 0.308. The van der Waals surface area contributed by atoms with Crippen LogP contribution in [0.2, 0.25) is 5.02 Å². The number of carbonyl (C=O) groups is 1. The third-order valence-corrected chi connectivity index (χ3v) is 8.32. The fourth-order valence-electron chi connectivity index (χ4n) is 5.81. The zero-order valence-corrected chi connectivity index (χ0v) is 22.1. The highest BCUT2D eigenvalue weighted by molar-refractivity contribution is 6.33. The van der Waals surface area contributed by atoms with E-state index in [2.05, 4.69) is 69.8 Å². The van der Waals surface area contributed by atoms with Crippen molar-refractivity contribution in [3.05, 3.63) is 83.1 Å². The molecule has 0 atom stereocenters.